The number of nitrogens with one attached hydrogen (secondary N) is 1. The first-order chi connectivity index (χ1) is 9.13. The third-order valence-corrected chi connectivity index (χ3v) is 4.61. The van der Waals surface area contributed by atoms with Crippen LogP contribution >= 0.6 is 0 Å². The number of nitrogens with two attached hydrogens (primary N) is 1. The van der Waals surface area contributed by atoms with Crippen molar-refractivity contribution >= 4 is 6.03 Å². The van der Waals surface area contributed by atoms with Crippen molar-refractivity contribution in [1.29, 1.82) is 0 Å². The van der Waals surface area contributed by atoms with E-state index in [0.717, 1.165) is 51.6 Å². The van der Waals surface area contributed by atoms with Crippen LogP contribution in [0.5, 0.6) is 0 Å². The molecule has 110 valence electrons. The van der Waals surface area contributed by atoms with Crippen molar-refractivity contribution in [3.8, 4) is 0 Å². The second-order valence-corrected chi connectivity index (χ2v) is 6.17. The van der Waals surface area contributed by atoms with Gasteiger partial charge in [0.1, 0.15) is 0 Å². The molecule has 19 heavy (non-hydrogen) atoms. The molecule has 1 saturated heterocycles. The molecule has 2 amide bonds. The summed E-state index contributed by atoms with van der Waals surface area (Å²) in [6, 6.07) is 0.0290. The van der Waals surface area contributed by atoms with Gasteiger partial charge >= 0.3 is 6.03 Å². The predicted molar refractivity (Wildman–Crippen MR) is 74.8 cm³/mol. The number of nitrogens with zero attached hydrogens (tertiary/aromatic N) is 1. The maximum absolute atomic E-state index is 12.1. The maximum atomic E-state index is 12.1. The van der Waals surface area contributed by atoms with Gasteiger partial charge < -0.3 is 21.1 Å². The Morgan fingerprint density at radius 3 is 2.74 bits per heavy atom. The molecule has 5 heteroatoms. The molecule has 2 rings (SSSR count). The van der Waals surface area contributed by atoms with Gasteiger partial charge in [-0.15, -0.1) is 0 Å². The van der Waals surface area contributed by atoms with E-state index >= 15 is 0 Å². The van der Waals surface area contributed by atoms with E-state index in [0.29, 0.717) is 12.5 Å². The first kappa shape index (κ1) is 14.6. The standard InChI is InChI=1S/C14H27N3O2/c15-14(6-2-7-14)11-16-13(19)17-8-1-3-12(4-9-17)5-10-18/h12,18H,1-11,15H2,(H,16,19). The number of likely N-dealkylation sites (tertiary alicyclic amines) is 1. The summed E-state index contributed by atoms with van der Waals surface area (Å²) in [4.78, 5) is 14.0. The molecule has 4 N–H and O–H groups in total. The average molecular weight is 269 g/mol. The third kappa shape index (κ3) is 4.08. The minimum absolute atomic E-state index is 0.0290. The quantitative estimate of drug-likeness (QED) is 0.714. The zero-order valence-electron chi connectivity index (χ0n) is 11.7. The Balaban J connectivity index is 1.73. The van der Waals surface area contributed by atoms with Gasteiger partial charge in [-0.05, 0) is 50.9 Å². The second-order valence-electron chi connectivity index (χ2n) is 6.17. The van der Waals surface area contributed by atoms with Crippen LogP contribution in [-0.2, 0) is 0 Å². The van der Waals surface area contributed by atoms with E-state index in [-0.39, 0.29) is 18.2 Å². The Labute approximate surface area is 115 Å². The highest BCUT2D eigenvalue weighted by Gasteiger charge is 2.33. The van der Waals surface area contributed by atoms with Crippen LogP contribution in [0.25, 0.3) is 0 Å². The zero-order chi connectivity index (χ0) is 13.7. The van der Waals surface area contributed by atoms with Gasteiger partial charge in [-0.25, -0.2) is 4.79 Å². The molecule has 2 aliphatic rings. The number of hydrogen-bond acceptors (Lipinski definition) is 3. The van der Waals surface area contributed by atoms with Crippen molar-refractivity contribution in [1.82, 2.24) is 10.2 Å². The zero-order valence-corrected chi connectivity index (χ0v) is 11.7. The summed E-state index contributed by atoms with van der Waals surface area (Å²) < 4.78 is 0. The SMILES string of the molecule is NC1(CNC(=O)N2CCCC(CCO)CC2)CCC1. The molecule has 1 atom stereocenters. The largest absolute Gasteiger partial charge is 0.396 e. The number of urea groups is 1. The van der Waals surface area contributed by atoms with E-state index in [4.69, 9.17) is 10.8 Å². The molecule has 0 aromatic carbocycles. The van der Waals surface area contributed by atoms with Gasteiger partial charge in [0, 0.05) is 31.8 Å². The Bertz CT molecular complexity index is 305. The van der Waals surface area contributed by atoms with Gasteiger partial charge in [0.05, 0.1) is 0 Å². The Hall–Kier alpha value is -0.810. The highest BCUT2D eigenvalue weighted by molar-refractivity contribution is 5.74. The summed E-state index contributed by atoms with van der Waals surface area (Å²) in [5, 5.41) is 12.0. The summed E-state index contributed by atoms with van der Waals surface area (Å²) in [6.07, 6.45) is 7.23. The predicted octanol–water partition coefficient (Wildman–Crippen LogP) is 1.06. The van der Waals surface area contributed by atoms with E-state index in [1.165, 1.54) is 6.42 Å². The fourth-order valence-corrected chi connectivity index (χ4v) is 3.01. The molecular weight excluding hydrogens is 242 g/mol. The van der Waals surface area contributed by atoms with E-state index in [1.807, 2.05) is 4.90 Å². The minimum atomic E-state index is -0.152. The van der Waals surface area contributed by atoms with Crippen LogP contribution in [0.15, 0.2) is 0 Å². The molecule has 0 aromatic rings. The van der Waals surface area contributed by atoms with Crippen molar-refractivity contribution in [2.45, 2.75) is 50.5 Å². The van der Waals surface area contributed by atoms with Gasteiger partial charge in [0.25, 0.3) is 0 Å². The lowest BCUT2D eigenvalue weighted by molar-refractivity contribution is 0.185. The van der Waals surface area contributed by atoms with Gasteiger partial charge in [0.15, 0.2) is 0 Å². The van der Waals surface area contributed by atoms with Crippen LogP contribution in [0.2, 0.25) is 0 Å². The summed E-state index contributed by atoms with van der Waals surface area (Å²) in [7, 11) is 0. The molecule has 2 fully saturated rings. The van der Waals surface area contributed by atoms with Crippen LogP contribution in [0, 0.1) is 5.92 Å². The highest BCUT2D eigenvalue weighted by atomic mass is 16.3. The van der Waals surface area contributed by atoms with Crippen molar-refractivity contribution < 1.29 is 9.90 Å². The molecule has 5 nitrogen and oxygen atoms in total. The van der Waals surface area contributed by atoms with Gasteiger partial charge in [-0.3, -0.25) is 0 Å². The number of amides is 2. The molecule has 0 aromatic heterocycles. The lowest BCUT2D eigenvalue weighted by Gasteiger charge is -2.38. The molecule has 0 radical (unpaired) electrons. The third-order valence-electron chi connectivity index (χ3n) is 4.61. The number of rotatable bonds is 4. The smallest absolute Gasteiger partial charge is 0.317 e. The lowest BCUT2D eigenvalue weighted by atomic mass is 9.78. The molecule has 1 aliphatic heterocycles. The number of carbonyl (C=O) groups excluding carboxylic acids is 1. The topological polar surface area (TPSA) is 78.6 Å². The first-order valence-corrected chi connectivity index (χ1v) is 7.55. The Kier molecular flexibility index (Phi) is 5.05. The van der Waals surface area contributed by atoms with Crippen LogP contribution in [0.4, 0.5) is 4.79 Å². The summed E-state index contributed by atoms with van der Waals surface area (Å²) in [5.74, 6) is 0.565. The molecule has 0 spiro atoms. The molecule has 1 saturated carbocycles. The molecule has 1 aliphatic carbocycles. The number of aliphatic hydroxyl groups is 1. The summed E-state index contributed by atoms with van der Waals surface area (Å²) >= 11 is 0. The Morgan fingerprint density at radius 2 is 2.11 bits per heavy atom. The van der Waals surface area contributed by atoms with Gasteiger partial charge in [-0.2, -0.15) is 0 Å². The summed E-state index contributed by atoms with van der Waals surface area (Å²) in [6.45, 7) is 2.48. The van der Waals surface area contributed by atoms with Crippen LogP contribution in [0.1, 0.15) is 44.9 Å². The summed E-state index contributed by atoms with van der Waals surface area (Å²) in [5.41, 5.74) is 5.96. The number of aliphatic hydroxyl groups excluding tert-OH is 1. The molecule has 0 bridgehead atoms. The fourth-order valence-electron chi connectivity index (χ4n) is 3.01. The number of carbonyl (C=O) groups is 1. The normalized spacial score (nSPS) is 26.4. The van der Waals surface area contributed by atoms with Crippen LogP contribution in [-0.4, -0.2) is 47.8 Å². The maximum Gasteiger partial charge on any atom is 0.317 e. The highest BCUT2D eigenvalue weighted by Crippen LogP contribution is 2.28. The van der Waals surface area contributed by atoms with Crippen molar-refractivity contribution in [2.24, 2.45) is 11.7 Å². The molecular formula is C14H27N3O2. The Morgan fingerprint density at radius 1 is 1.32 bits per heavy atom. The first-order valence-electron chi connectivity index (χ1n) is 7.55. The van der Waals surface area contributed by atoms with Crippen LogP contribution in [0.3, 0.4) is 0 Å². The van der Waals surface area contributed by atoms with E-state index in [9.17, 15) is 4.79 Å². The lowest BCUT2D eigenvalue weighted by Crippen LogP contribution is -2.56. The number of hydrogen-bond donors (Lipinski definition) is 3. The van der Waals surface area contributed by atoms with E-state index < -0.39 is 0 Å². The van der Waals surface area contributed by atoms with Gasteiger partial charge in [0.2, 0.25) is 0 Å². The van der Waals surface area contributed by atoms with E-state index in [1.54, 1.807) is 0 Å². The molecule has 1 unspecified atom stereocenters. The monoisotopic (exact) mass is 269 g/mol. The fraction of sp³-hybridized carbons (Fsp3) is 0.929. The molecule has 1 heterocycles. The second kappa shape index (κ2) is 6.57. The van der Waals surface area contributed by atoms with E-state index in [2.05, 4.69) is 5.32 Å². The van der Waals surface area contributed by atoms with Crippen molar-refractivity contribution in [3.63, 3.8) is 0 Å². The van der Waals surface area contributed by atoms with Crippen molar-refractivity contribution in [2.75, 3.05) is 26.2 Å². The minimum Gasteiger partial charge on any atom is -0.396 e. The van der Waals surface area contributed by atoms with Gasteiger partial charge in [-0.1, -0.05) is 0 Å². The van der Waals surface area contributed by atoms with Crippen molar-refractivity contribution in [3.05, 3.63) is 0 Å². The van der Waals surface area contributed by atoms with Crippen LogP contribution < -0.4 is 11.1 Å². The average Bonchev–Trinajstić information content (AvgIpc) is 2.60.